The van der Waals surface area contributed by atoms with Crippen LogP contribution in [0, 0.1) is 23.7 Å². The molecule has 1 aromatic carbocycles. The Morgan fingerprint density at radius 2 is 1.44 bits per heavy atom. The van der Waals surface area contributed by atoms with Gasteiger partial charge >= 0.3 is 6.03 Å². The number of likely N-dealkylation sites (N-methyl/N-ethyl adjacent to an activating group) is 2. The molecule has 72 heavy (non-hydrogen) atoms. The summed E-state index contributed by atoms with van der Waals surface area (Å²) in [5.74, 6) is -2.09. The number of nitrogens with zero attached hydrogens (tertiary/aromatic N) is 3. The molecule has 0 spiro atoms. The number of amides is 7. The molecule has 2 saturated heterocycles. The van der Waals surface area contributed by atoms with Gasteiger partial charge in [-0.25, -0.2) is 4.79 Å². The molecule has 0 aliphatic carbocycles. The Kier molecular flexibility index (Phi) is 27.7. The lowest BCUT2D eigenvalue weighted by atomic mass is 9.89. The van der Waals surface area contributed by atoms with E-state index < -0.39 is 42.3 Å². The summed E-state index contributed by atoms with van der Waals surface area (Å²) in [5.41, 5.74) is 2.17. The number of rotatable bonds is 31. The number of hydrogen-bond acceptors (Lipinski definition) is 12. The van der Waals surface area contributed by atoms with E-state index in [1.165, 1.54) is 7.11 Å². The van der Waals surface area contributed by atoms with Crippen molar-refractivity contribution in [3.05, 3.63) is 47.2 Å². The highest BCUT2D eigenvalue weighted by atomic mass is 16.5. The average molecular weight is 1010 g/mol. The van der Waals surface area contributed by atoms with Crippen molar-refractivity contribution < 1.29 is 47.7 Å². The zero-order chi connectivity index (χ0) is 53.3. The molecule has 408 valence electrons. The fourth-order valence-electron chi connectivity index (χ4n) is 9.80. The van der Waals surface area contributed by atoms with Crippen LogP contribution in [0.1, 0.15) is 92.6 Å². The van der Waals surface area contributed by atoms with E-state index in [0.29, 0.717) is 70.3 Å². The molecule has 8 atom stereocenters. The molecule has 19 heteroatoms. The van der Waals surface area contributed by atoms with Crippen LogP contribution in [0.5, 0.6) is 0 Å². The molecule has 1 aromatic rings. The first-order valence-electron chi connectivity index (χ1n) is 26.1. The van der Waals surface area contributed by atoms with Crippen LogP contribution in [-0.4, -0.2) is 188 Å². The van der Waals surface area contributed by atoms with Gasteiger partial charge in [0.05, 0.1) is 63.1 Å². The standard InChI is InChI=1S/C53H91N9O10/c1-13-37(6)47(61(10)52(67)45(35(2)3)59-51(66)46(36(4)5)60(8)9)43(69-11)33-44(63)62-27-17-20-42(62)48(70-12)38(7)49(64)58-41(32-39-18-15-14-16-19-39)50(65)55-25-28-71-30-31-72-29-26-56-53(68)57-34-40-21-23-54-24-22-40/h14-16,18-19,35,37-38,40-43,45,47-48,54H,13,17,20-34H2,1-12H3,(H,55,65)(H,58,64)(H,59,66)(H2,56,57,68)/t37-,38+,41+,42-,43+,45-,47-,48+/m0/s1. The normalized spacial score (nSPS) is 17.9. The van der Waals surface area contributed by atoms with Crippen molar-refractivity contribution in [3.8, 4) is 0 Å². The highest BCUT2D eigenvalue weighted by Crippen LogP contribution is 2.30. The molecule has 0 saturated carbocycles. The highest BCUT2D eigenvalue weighted by molar-refractivity contribution is 5.97. The van der Waals surface area contributed by atoms with E-state index in [2.05, 4.69) is 31.9 Å². The summed E-state index contributed by atoms with van der Waals surface area (Å²) in [6.07, 6.45) is 2.99. The van der Waals surface area contributed by atoms with Crippen molar-refractivity contribution in [2.24, 2.45) is 23.7 Å². The van der Waals surface area contributed by atoms with Crippen LogP contribution >= 0.6 is 0 Å². The number of methoxy groups -OCH3 is 2. The summed E-state index contributed by atoms with van der Waals surface area (Å²) in [5, 5.41) is 17.9. The topological polar surface area (TPSA) is 221 Å². The number of carbonyl (C=O) groups is 6. The number of hydrogen-bond donors (Lipinski definition) is 6. The van der Waals surface area contributed by atoms with Gasteiger partial charge in [0.1, 0.15) is 17.8 Å². The highest BCUT2D eigenvalue weighted by Gasteiger charge is 2.43. The Hall–Kier alpha value is -4.82. The Labute approximate surface area is 430 Å². The zero-order valence-electron chi connectivity index (χ0n) is 45.6. The smallest absolute Gasteiger partial charge is 0.314 e. The SMILES string of the molecule is CC[C@H](C)[C@@H]([C@@H](CC(=O)N1CCC[C@H]1[C@H](OC)[C@@H](C)C(=O)N[C@H](Cc1ccccc1)C(=O)NCCOCCOCCNC(=O)NCC1CCNCC1)OC)N(C)C(=O)[C@@H](NC(=O)C(=C(C)C)N(C)C)C(C)C. The number of ether oxygens (including phenoxy) is 4. The fourth-order valence-corrected chi connectivity index (χ4v) is 9.80. The van der Waals surface area contributed by atoms with Crippen LogP contribution in [0.25, 0.3) is 0 Å². The quantitative estimate of drug-likeness (QED) is 0.0467. The number of allylic oxidation sites excluding steroid dienone is 1. The van der Waals surface area contributed by atoms with Gasteiger partial charge in [-0.3, -0.25) is 24.0 Å². The van der Waals surface area contributed by atoms with Crippen LogP contribution in [0.2, 0.25) is 0 Å². The van der Waals surface area contributed by atoms with Crippen molar-refractivity contribution in [1.82, 2.24) is 46.6 Å². The van der Waals surface area contributed by atoms with E-state index in [9.17, 15) is 28.8 Å². The number of carbonyl (C=O) groups excluding carboxylic acids is 6. The van der Waals surface area contributed by atoms with Crippen molar-refractivity contribution in [2.45, 2.75) is 130 Å². The molecule has 2 aliphatic rings. The maximum atomic E-state index is 14.4. The van der Waals surface area contributed by atoms with Gasteiger partial charge in [0, 0.05) is 68.0 Å². The number of likely N-dealkylation sites (tertiary alicyclic amines) is 1. The molecule has 0 aromatic heterocycles. The first-order chi connectivity index (χ1) is 34.4. The number of urea groups is 1. The van der Waals surface area contributed by atoms with Crippen molar-refractivity contribution >= 4 is 35.6 Å². The maximum Gasteiger partial charge on any atom is 0.314 e. The minimum absolute atomic E-state index is 0.0234. The molecule has 2 fully saturated rings. The Morgan fingerprint density at radius 1 is 0.806 bits per heavy atom. The summed E-state index contributed by atoms with van der Waals surface area (Å²) in [6.45, 7) is 18.2. The van der Waals surface area contributed by atoms with Crippen LogP contribution in [-0.2, 0) is 49.3 Å². The average Bonchev–Trinajstić information content (AvgIpc) is 3.84. The lowest BCUT2D eigenvalue weighted by Gasteiger charge is -2.41. The zero-order valence-corrected chi connectivity index (χ0v) is 45.6. The predicted octanol–water partition coefficient (Wildman–Crippen LogP) is 3.08. The van der Waals surface area contributed by atoms with Gasteiger partial charge in [-0.05, 0) is 81.5 Å². The van der Waals surface area contributed by atoms with Crippen LogP contribution in [0.4, 0.5) is 4.79 Å². The molecular weight excluding hydrogens is 923 g/mol. The third kappa shape index (κ3) is 19.6. The summed E-state index contributed by atoms with van der Waals surface area (Å²) >= 11 is 0. The van der Waals surface area contributed by atoms with Gasteiger partial charge in [0.15, 0.2) is 0 Å². The molecule has 3 rings (SSSR count). The fraction of sp³-hybridized carbons (Fsp3) is 0.736. The molecule has 2 heterocycles. The first-order valence-corrected chi connectivity index (χ1v) is 26.1. The predicted molar refractivity (Wildman–Crippen MR) is 279 cm³/mol. The monoisotopic (exact) mass is 1010 g/mol. The minimum Gasteiger partial charge on any atom is -0.379 e. The summed E-state index contributed by atoms with van der Waals surface area (Å²) < 4.78 is 23.4. The van der Waals surface area contributed by atoms with Gasteiger partial charge in [0.2, 0.25) is 23.6 Å². The molecule has 7 amide bonds. The van der Waals surface area contributed by atoms with Gasteiger partial charge in [0.25, 0.3) is 5.91 Å². The third-order valence-electron chi connectivity index (χ3n) is 14.0. The largest absolute Gasteiger partial charge is 0.379 e. The van der Waals surface area contributed by atoms with Crippen molar-refractivity contribution in [1.29, 1.82) is 0 Å². The van der Waals surface area contributed by atoms with Gasteiger partial charge < -0.3 is 65.5 Å². The van der Waals surface area contributed by atoms with E-state index in [0.717, 1.165) is 37.1 Å². The van der Waals surface area contributed by atoms with Gasteiger partial charge in [-0.1, -0.05) is 71.4 Å². The van der Waals surface area contributed by atoms with E-state index in [4.69, 9.17) is 18.9 Å². The van der Waals surface area contributed by atoms with E-state index in [-0.39, 0.29) is 73.4 Å². The second-order valence-electron chi connectivity index (χ2n) is 20.1. The van der Waals surface area contributed by atoms with Crippen LogP contribution in [0.15, 0.2) is 41.6 Å². The molecule has 2 aliphatic heterocycles. The number of benzene rings is 1. The van der Waals surface area contributed by atoms with E-state index in [1.807, 2.05) is 71.9 Å². The van der Waals surface area contributed by atoms with Crippen molar-refractivity contribution in [2.75, 3.05) is 101 Å². The van der Waals surface area contributed by atoms with E-state index in [1.54, 1.807) is 49.9 Å². The Bertz CT molecular complexity index is 1860. The van der Waals surface area contributed by atoms with Gasteiger partial charge in [-0.2, -0.15) is 0 Å². The van der Waals surface area contributed by atoms with Crippen LogP contribution < -0.4 is 31.9 Å². The summed E-state index contributed by atoms with van der Waals surface area (Å²) in [6, 6.07) is 6.57. The second-order valence-corrected chi connectivity index (χ2v) is 20.1. The van der Waals surface area contributed by atoms with Gasteiger partial charge in [-0.15, -0.1) is 0 Å². The first kappa shape index (κ1) is 61.5. The minimum atomic E-state index is -0.903. The number of nitrogens with one attached hydrogen (secondary N) is 6. The molecule has 0 bridgehead atoms. The molecular formula is C53H91N9O10. The molecule has 6 N–H and O–H groups in total. The maximum absolute atomic E-state index is 14.4. The third-order valence-corrected chi connectivity index (χ3v) is 14.0. The molecule has 0 unspecified atom stereocenters. The number of piperidine rings is 1. The summed E-state index contributed by atoms with van der Waals surface area (Å²) in [7, 11) is 8.37. The Morgan fingerprint density at radius 3 is 2.01 bits per heavy atom. The lowest BCUT2D eigenvalue weighted by Crippen LogP contribution is -2.58. The molecule has 19 nitrogen and oxygen atoms in total. The molecule has 0 radical (unpaired) electrons. The van der Waals surface area contributed by atoms with Crippen molar-refractivity contribution in [3.63, 3.8) is 0 Å². The van der Waals surface area contributed by atoms with Crippen LogP contribution in [0.3, 0.4) is 0 Å². The summed E-state index contributed by atoms with van der Waals surface area (Å²) in [4.78, 5) is 87.4. The lowest BCUT2D eigenvalue weighted by molar-refractivity contribution is -0.147. The Balaban J connectivity index is 1.60. The van der Waals surface area contributed by atoms with E-state index >= 15 is 0 Å². The second kappa shape index (κ2) is 32.4.